The van der Waals surface area contributed by atoms with E-state index in [1.165, 1.54) is 6.20 Å². The molecule has 0 aliphatic heterocycles. The van der Waals surface area contributed by atoms with Crippen molar-refractivity contribution in [2.45, 2.75) is 27.7 Å². The molecule has 4 heteroatoms. The van der Waals surface area contributed by atoms with E-state index in [0.29, 0.717) is 11.8 Å². The zero-order valence-electron chi connectivity index (χ0n) is 11.6. The summed E-state index contributed by atoms with van der Waals surface area (Å²) < 4.78 is 0. The van der Waals surface area contributed by atoms with Gasteiger partial charge in [0.25, 0.3) is 0 Å². The van der Waals surface area contributed by atoms with Crippen molar-refractivity contribution in [3.05, 3.63) is 23.9 Å². The summed E-state index contributed by atoms with van der Waals surface area (Å²) in [6.45, 7) is 10.5. The summed E-state index contributed by atoms with van der Waals surface area (Å²) in [6, 6.07) is 3.40. The summed E-state index contributed by atoms with van der Waals surface area (Å²) in [4.78, 5) is 17.2. The van der Waals surface area contributed by atoms with E-state index in [9.17, 15) is 4.79 Å². The zero-order chi connectivity index (χ0) is 13.7. The number of aromatic carboxylic acids is 1. The van der Waals surface area contributed by atoms with Crippen molar-refractivity contribution >= 4 is 11.8 Å². The number of hydrogen-bond acceptors (Lipinski definition) is 3. The van der Waals surface area contributed by atoms with Crippen molar-refractivity contribution in [1.29, 1.82) is 0 Å². The predicted octanol–water partition coefficient (Wildman–Crippen LogP) is 2.90. The molecule has 1 aromatic heterocycles. The maximum atomic E-state index is 10.8. The van der Waals surface area contributed by atoms with E-state index in [1.807, 2.05) is 0 Å². The maximum absolute atomic E-state index is 10.8. The summed E-state index contributed by atoms with van der Waals surface area (Å²) in [5.74, 6) is 1.00. The van der Waals surface area contributed by atoms with Gasteiger partial charge in [0.2, 0.25) is 0 Å². The van der Waals surface area contributed by atoms with Crippen LogP contribution in [-0.4, -0.2) is 29.1 Å². The molecule has 0 fully saturated rings. The van der Waals surface area contributed by atoms with Crippen LogP contribution in [0.5, 0.6) is 0 Å². The van der Waals surface area contributed by atoms with Crippen molar-refractivity contribution < 1.29 is 9.90 Å². The lowest BCUT2D eigenvalue weighted by atomic mass is 10.1. The molecule has 0 aliphatic rings. The minimum atomic E-state index is -0.937. The van der Waals surface area contributed by atoms with Crippen LogP contribution in [0.15, 0.2) is 18.3 Å². The lowest BCUT2D eigenvalue weighted by molar-refractivity contribution is 0.0696. The Morgan fingerprint density at radius 3 is 2.11 bits per heavy atom. The van der Waals surface area contributed by atoms with Crippen LogP contribution in [0.3, 0.4) is 0 Å². The molecule has 0 aliphatic carbocycles. The number of carboxylic acids is 1. The summed E-state index contributed by atoms with van der Waals surface area (Å²) >= 11 is 0. The lowest BCUT2D eigenvalue weighted by Crippen LogP contribution is -2.32. The predicted molar refractivity (Wildman–Crippen MR) is 73.1 cm³/mol. The maximum Gasteiger partial charge on any atom is 0.337 e. The SMILES string of the molecule is CC(C)CN(CC(C)C)c1ccc(C(=O)O)cn1. The van der Waals surface area contributed by atoms with Gasteiger partial charge in [-0.05, 0) is 24.0 Å². The van der Waals surface area contributed by atoms with Gasteiger partial charge in [-0.15, -0.1) is 0 Å². The van der Waals surface area contributed by atoms with Crippen LogP contribution in [0.1, 0.15) is 38.1 Å². The summed E-state index contributed by atoms with van der Waals surface area (Å²) in [7, 11) is 0. The minimum Gasteiger partial charge on any atom is -0.478 e. The molecule has 0 amide bonds. The van der Waals surface area contributed by atoms with Crippen LogP contribution in [0.2, 0.25) is 0 Å². The fourth-order valence-corrected chi connectivity index (χ4v) is 1.84. The van der Waals surface area contributed by atoms with Crippen molar-refractivity contribution in [3.63, 3.8) is 0 Å². The van der Waals surface area contributed by atoms with E-state index in [2.05, 4.69) is 37.6 Å². The van der Waals surface area contributed by atoms with E-state index in [1.54, 1.807) is 12.1 Å². The average Bonchev–Trinajstić information content (AvgIpc) is 2.27. The van der Waals surface area contributed by atoms with E-state index >= 15 is 0 Å². The van der Waals surface area contributed by atoms with Crippen LogP contribution >= 0.6 is 0 Å². The van der Waals surface area contributed by atoms with Crippen molar-refractivity contribution in [2.75, 3.05) is 18.0 Å². The third kappa shape index (κ3) is 4.35. The molecule has 0 saturated heterocycles. The summed E-state index contributed by atoms with van der Waals surface area (Å²) in [5, 5.41) is 8.85. The second-order valence-corrected chi connectivity index (χ2v) is 5.40. The molecule has 0 saturated carbocycles. The van der Waals surface area contributed by atoms with Crippen LogP contribution in [0, 0.1) is 11.8 Å². The molecule has 100 valence electrons. The molecule has 0 spiro atoms. The number of aromatic nitrogens is 1. The van der Waals surface area contributed by atoms with Crippen molar-refractivity contribution in [3.8, 4) is 0 Å². The van der Waals surface area contributed by atoms with Gasteiger partial charge in [-0.1, -0.05) is 27.7 Å². The van der Waals surface area contributed by atoms with Gasteiger partial charge in [-0.2, -0.15) is 0 Å². The average molecular weight is 250 g/mol. The molecular formula is C14H22N2O2. The van der Waals surface area contributed by atoms with Gasteiger partial charge in [-0.3, -0.25) is 0 Å². The molecule has 0 radical (unpaired) electrons. The Hall–Kier alpha value is -1.58. The van der Waals surface area contributed by atoms with Crippen LogP contribution < -0.4 is 4.90 Å². The Balaban J connectivity index is 2.87. The van der Waals surface area contributed by atoms with Gasteiger partial charge in [0.15, 0.2) is 0 Å². The van der Waals surface area contributed by atoms with Gasteiger partial charge in [0.05, 0.1) is 5.56 Å². The van der Waals surface area contributed by atoms with Gasteiger partial charge in [0, 0.05) is 19.3 Å². The number of hydrogen-bond donors (Lipinski definition) is 1. The Bertz CT molecular complexity index is 375. The highest BCUT2D eigenvalue weighted by Crippen LogP contribution is 2.15. The first-order valence-corrected chi connectivity index (χ1v) is 6.34. The molecule has 1 heterocycles. The van der Waals surface area contributed by atoms with Gasteiger partial charge < -0.3 is 10.0 Å². The molecule has 0 unspecified atom stereocenters. The Morgan fingerprint density at radius 2 is 1.78 bits per heavy atom. The molecule has 0 atom stereocenters. The Kier molecular flexibility index (Phi) is 5.13. The number of rotatable bonds is 6. The Morgan fingerprint density at radius 1 is 1.22 bits per heavy atom. The van der Waals surface area contributed by atoms with Gasteiger partial charge in [-0.25, -0.2) is 9.78 Å². The first-order valence-electron chi connectivity index (χ1n) is 6.34. The number of carboxylic acid groups (broad SMARTS) is 1. The Labute approximate surface area is 109 Å². The first-order chi connectivity index (χ1) is 8.40. The molecule has 1 aromatic rings. The summed E-state index contributed by atoms with van der Waals surface area (Å²) in [6.07, 6.45) is 1.42. The fourth-order valence-electron chi connectivity index (χ4n) is 1.84. The van der Waals surface area contributed by atoms with E-state index in [4.69, 9.17) is 5.11 Å². The molecule has 0 aromatic carbocycles. The molecule has 4 nitrogen and oxygen atoms in total. The quantitative estimate of drug-likeness (QED) is 0.843. The van der Waals surface area contributed by atoms with Crippen LogP contribution in [-0.2, 0) is 0 Å². The van der Waals surface area contributed by atoms with E-state index in [0.717, 1.165) is 18.9 Å². The van der Waals surface area contributed by atoms with E-state index in [-0.39, 0.29) is 5.56 Å². The highest BCUT2D eigenvalue weighted by molar-refractivity contribution is 5.87. The molecule has 1 N–H and O–H groups in total. The molecule has 18 heavy (non-hydrogen) atoms. The smallest absolute Gasteiger partial charge is 0.337 e. The molecular weight excluding hydrogens is 228 g/mol. The number of nitrogens with zero attached hydrogens (tertiary/aromatic N) is 2. The highest BCUT2D eigenvalue weighted by Gasteiger charge is 2.12. The van der Waals surface area contributed by atoms with E-state index < -0.39 is 5.97 Å². The summed E-state index contributed by atoms with van der Waals surface area (Å²) in [5.41, 5.74) is 0.229. The molecule has 0 bridgehead atoms. The normalized spacial score (nSPS) is 11.0. The highest BCUT2D eigenvalue weighted by atomic mass is 16.4. The first kappa shape index (κ1) is 14.5. The second kappa shape index (κ2) is 6.38. The zero-order valence-corrected chi connectivity index (χ0v) is 11.6. The second-order valence-electron chi connectivity index (χ2n) is 5.40. The standard InChI is InChI=1S/C14H22N2O2/c1-10(2)8-16(9-11(3)4)13-6-5-12(7-15-13)14(17)18/h5-7,10-11H,8-9H2,1-4H3,(H,17,18). The lowest BCUT2D eigenvalue weighted by Gasteiger charge is -2.27. The third-order valence-corrected chi connectivity index (χ3v) is 2.49. The van der Waals surface area contributed by atoms with Gasteiger partial charge >= 0.3 is 5.97 Å². The van der Waals surface area contributed by atoms with Crippen LogP contribution in [0.25, 0.3) is 0 Å². The molecule has 1 rings (SSSR count). The number of anilines is 1. The number of carbonyl (C=O) groups is 1. The third-order valence-electron chi connectivity index (χ3n) is 2.49. The minimum absolute atomic E-state index is 0.229. The number of pyridine rings is 1. The van der Waals surface area contributed by atoms with Crippen molar-refractivity contribution in [1.82, 2.24) is 4.98 Å². The topological polar surface area (TPSA) is 53.4 Å². The van der Waals surface area contributed by atoms with Gasteiger partial charge in [0.1, 0.15) is 5.82 Å². The van der Waals surface area contributed by atoms with Crippen molar-refractivity contribution in [2.24, 2.45) is 11.8 Å². The monoisotopic (exact) mass is 250 g/mol. The fraction of sp³-hybridized carbons (Fsp3) is 0.571. The van der Waals surface area contributed by atoms with Crippen LogP contribution in [0.4, 0.5) is 5.82 Å². The largest absolute Gasteiger partial charge is 0.478 e.